The molecule has 1 aliphatic rings. The molecule has 3 rings (SSSR count). The average molecular weight is 292 g/mol. The zero-order valence-corrected chi connectivity index (χ0v) is 11.6. The van der Waals surface area contributed by atoms with Crippen LogP contribution < -0.4 is 5.73 Å². The van der Waals surface area contributed by atoms with Crippen LogP contribution in [-0.2, 0) is 6.54 Å². The summed E-state index contributed by atoms with van der Waals surface area (Å²) in [6.45, 7) is 0.901. The molecule has 2 aromatic rings. The molecule has 0 bridgehead atoms. The first-order valence-electron chi connectivity index (χ1n) is 7.11. The summed E-state index contributed by atoms with van der Waals surface area (Å²) in [7, 11) is 0. The molecule has 5 heteroatoms. The Labute approximate surface area is 122 Å². The van der Waals surface area contributed by atoms with Gasteiger partial charge in [0.15, 0.2) is 0 Å². The lowest BCUT2D eigenvalue weighted by Gasteiger charge is -2.30. The van der Waals surface area contributed by atoms with E-state index in [1.54, 1.807) is 6.26 Å². The summed E-state index contributed by atoms with van der Waals surface area (Å²) in [4.78, 5) is 2.17. The Morgan fingerprint density at radius 1 is 1.24 bits per heavy atom. The highest BCUT2D eigenvalue weighted by Crippen LogP contribution is 2.35. The summed E-state index contributed by atoms with van der Waals surface area (Å²) >= 11 is 0. The lowest BCUT2D eigenvalue weighted by Crippen LogP contribution is -2.35. The molecule has 1 saturated carbocycles. The molecule has 1 aromatic heterocycles. The standard InChI is InChI=1S/C16H18F2N2O/c17-12-6-11(7-13(18)8-12)16(9-19)20(14-3-4-14)10-15-2-1-5-21-15/h1-2,5-8,14,16H,3-4,9-10,19H2. The largest absolute Gasteiger partial charge is 0.468 e. The zero-order valence-electron chi connectivity index (χ0n) is 11.6. The normalized spacial score (nSPS) is 16.4. The molecular formula is C16H18F2N2O. The molecule has 3 nitrogen and oxygen atoms in total. The number of furan rings is 1. The van der Waals surface area contributed by atoms with E-state index >= 15 is 0 Å². The number of benzene rings is 1. The maximum absolute atomic E-state index is 13.5. The van der Waals surface area contributed by atoms with Crippen molar-refractivity contribution in [3.8, 4) is 0 Å². The van der Waals surface area contributed by atoms with Gasteiger partial charge in [0.1, 0.15) is 17.4 Å². The number of hydrogen-bond donors (Lipinski definition) is 1. The molecule has 112 valence electrons. The smallest absolute Gasteiger partial charge is 0.126 e. The first kappa shape index (κ1) is 14.2. The van der Waals surface area contributed by atoms with Crippen LogP contribution in [0.5, 0.6) is 0 Å². The van der Waals surface area contributed by atoms with Gasteiger partial charge in [-0.25, -0.2) is 8.78 Å². The second-order valence-electron chi connectivity index (χ2n) is 5.44. The van der Waals surface area contributed by atoms with Crippen LogP contribution in [-0.4, -0.2) is 17.5 Å². The third-order valence-electron chi connectivity index (χ3n) is 3.83. The van der Waals surface area contributed by atoms with E-state index in [0.717, 1.165) is 24.7 Å². The van der Waals surface area contributed by atoms with E-state index in [-0.39, 0.29) is 6.04 Å². The van der Waals surface area contributed by atoms with Gasteiger partial charge in [-0.3, -0.25) is 4.90 Å². The predicted octanol–water partition coefficient (Wildman–Crippen LogP) is 3.22. The maximum atomic E-state index is 13.5. The summed E-state index contributed by atoms with van der Waals surface area (Å²) in [5.74, 6) is -0.313. The fourth-order valence-corrected chi connectivity index (χ4v) is 2.71. The van der Waals surface area contributed by atoms with E-state index in [4.69, 9.17) is 10.2 Å². The molecule has 0 saturated heterocycles. The Morgan fingerprint density at radius 3 is 2.48 bits per heavy atom. The molecule has 0 amide bonds. The number of rotatable bonds is 6. The van der Waals surface area contributed by atoms with Gasteiger partial charge >= 0.3 is 0 Å². The number of halogens is 2. The van der Waals surface area contributed by atoms with Crippen LogP contribution in [0.15, 0.2) is 41.0 Å². The highest BCUT2D eigenvalue weighted by Gasteiger charge is 2.34. The molecule has 1 aliphatic carbocycles. The van der Waals surface area contributed by atoms with Crippen LogP contribution in [0.3, 0.4) is 0 Å². The van der Waals surface area contributed by atoms with Gasteiger partial charge in [-0.15, -0.1) is 0 Å². The average Bonchev–Trinajstić information content (AvgIpc) is 3.15. The van der Waals surface area contributed by atoms with Crippen LogP contribution in [0.4, 0.5) is 8.78 Å². The molecule has 1 heterocycles. The molecule has 1 fully saturated rings. The molecule has 1 unspecified atom stereocenters. The second kappa shape index (κ2) is 5.95. The van der Waals surface area contributed by atoms with Gasteiger partial charge in [-0.05, 0) is 42.7 Å². The maximum Gasteiger partial charge on any atom is 0.126 e. The number of nitrogens with two attached hydrogens (primary N) is 1. The van der Waals surface area contributed by atoms with Gasteiger partial charge < -0.3 is 10.2 Å². The monoisotopic (exact) mass is 292 g/mol. The van der Waals surface area contributed by atoms with E-state index in [1.165, 1.54) is 12.1 Å². The van der Waals surface area contributed by atoms with Gasteiger partial charge in [0, 0.05) is 24.7 Å². The van der Waals surface area contributed by atoms with E-state index < -0.39 is 11.6 Å². The molecule has 21 heavy (non-hydrogen) atoms. The summed E-state index contributed by atoms with van der Waals surface area (Å²) in [6, 6.07) is 7.51. The van der Waals surface area contributed by atoms with Crippen molar-refractivity contribution >= 4 is 0 Å². The molecular weight excluding hydrogens is 274 g/mol. The van der Waals surface area contributed by atoms with Crippen LogP contribution in [0.25, 0.3) is 0 Å². The van der Waals surface area contributed by atoms with Crippen molar-refractivity contribution in [1.29, 1.82) is 0 Å². The highest BCUT2D eigenvalue weighted by molar-refractivity contribution is 5.23. The SMILES string of the molecule is NCC(c1cc(F)cc(F)c1)N(Cc1ccco1)C1CC1. The van der Waals surface area contributed by atoms with Crippen LogP contribution in [0.2, 0.25) is 0 Å². The molecule has 0 spiro atoms. The van der Waals surface area contributed by atoms with E-state index in [2.05, 4.69) is 4.90 Å². The summed E-state index contributed by atoms with van der Waals surface area (Å²) in [6.07, 6.45) is 3.78. The van der Waals surface area contributed by atoms with Crippen LogP contribution in [0.1, 0.15) is 30.2 Å². The van der Waals surface area contributed by atoms with Gasteiger partial charge in [0.25, 0.3) is 0 Å². The van der Waals surface area contributed by atoms with E-state index in [1.807, 2.05) is 12.1 Å². The fourth-order valence-electron chi connectivity index (χ4n) is 2.71. The van der Waals surface area contributed by atoms with Crippen LogP contribution >= 0.6 is 0 Å². The minimum absolute atomic E-state index is 0.215. The van der Waals surface area contributed by atoms with Gasteiger partial charge in [-0.2, -0.15) is 0 Å². The quantitative estimate of drug-likeness (QED) is 0.889. The fraction of sp³-hybridized carbons (Fsp3) is 0.375. The molecule has 1 atom stereocenters. The minimum Gasteiger partial charge on any atom is -0.468 e. The summed E-state index contributed by atoms with van der Waals surface area (Å²) < 4.78 is 32.3. The van der Waals surface area contributed by atoms with Crippen molar-refractivity contribution in [1.82, 2.24) is 4.90 Å². The van der Waals surface area contributed by atoms with Crippen molar-refractivity contribution in [3.63, 3.8) is 0 Å². The van der Waals surface area contributed by atoms with E-state index in [9.17, 15) is 8.78 Å². The van der Waals surface area contributed by atoms with E-state index in [0.29, 0.717) is 24.7 Å². The van der Waals surface area contributed by atoms with Crippen molar-refractivity contribution in [2.24, 2.45) is 5.73 Å². The predicted molar refractivity (Wildman–Crippen MR) is 75.4 cm³/mol. The summed E-state index contributed by atoms with van der Waals surface area (Å²) in [5, 5.41) is 0. The van der Waals surface area contributed by atoms with Crippen molar-refractivity contribution in [3.05, 3.63) is 59.6 Å². The van der Waals surface area contributed by atoms with Gasteiger partial charge in [0.2, 0.25) is 0 Å². The summed E-state index contributed by atoms with van der Waals surface area (Å²) in [5.41, 5.74) is 6.46. The van der Waals surface area contributed by atoms with Gasteiger partial charge in [0.05, 0.1) is 12.8 Å². The number of hydrogen-bond acceptors (Lipinski definition) is 3. The lowest BCUT2D eigenvalue weighted by molar-refractivity contribution is 0.167. The first-order chi connectivity index (χ1) is 10.2. The highest BCUT2D eigenvalue weighted by atomic mass is 19.1. The Hall–Kier alpha value is -1.72. The third kappa shape index (κ3) is 3.31. The molecule has 0 aliphatic heterocycles. The first-order valence-corrected chi connectivity index (χ1v) is 7.11. The van der Waals surface area contributed by atoms with Crippen molar-refractivity contribution in [2.75, 3.05) is 6.54 Å². The van der Waals surface area contributed by atoms with Crippen LogP contribution in [0, 0.1) is 11.6 Å². The Morgan fingerprint density at radius 2 is 1.95 bits per heavy atom. The molecule has 0 radical (unpaired) electrons. The Bertz CT molecular complexity index is 576. The van der Waals surface area contributed by atoms with Gasteiger partial charge in [-0.1, -0.05) is 0 Å². The topological polar surface area (TPSA) is 42.4 Å². The van der Waals surface area contributed by atoms with Crippen molar-refractivity contribution < 1.29 is 13.2 Å². The second-order valence-corrected chi connectivity index (χ2v) is 5.44. The zero-order chi connectivity index (χ0) is 14.8. The molecule has 1 aromatic carbocycles. The Kier molecular flexibility index (Phi) is 4.03. The number of nitrogens with zero attached hydrogens (tertiary/aromatic N) is 1. The lowest BCUT2D eigenvalue weighted by atomic mass is 10.0. The Balaban J connectivity index is 1.87. The van der Waals surface area contributed by atoms with Crippen molar-refractivity contribution in [2.45, 2.75) is 31.5 Å². The minimum atomic E-state index is -0.572. The third-order valence-corrected chi connectivity index (χ3v) is 3.83. The molecule has 2 N–H and O–H groups in total.